The first kappa shape index (κ1) is 10.5. The van der Waals surface area contributed by atoms with Crippen molar-refractivity contribution in [2.24, 2.45) is 0 Å². The number of hydrogen-bond donors (Lipinski definition) is 2. The van der Waals surface area contributed by atoms with E-state index >= 15 is 0 Å². The number of halogens is 1. The Morgan fingerprint density at radius 3 is 2.79 bits per heavy atom. The largest absolute Gasteiger partial charge is 0.478 e. The minimum absolute atomic E-state index is 0. The summed E-state index contributed by atoms with van der Waals surface area (Å²) in [6.07, 6.45) is 0. The topological polar surface area (TPSA) is 78.9 Å². The number of benzene rings is 1. The van der Waals surface area contributed by atoms with Gasteiger partial charge in [-0.05, 0) is 24.6 Å². The number of carboxylic acid groups (broad SMARTS) is 1. The fourth-order valence-electron chi connectivity index (χ4n) is 1.24. The lowest BCUT2D eigenvalue weighted by Gasteiger charge is -1.96. The molecule has 0 radical (unpaired) electrons. The van der Waals surface area contributed by atoms with Crippen LogP contribution < -0.4 is 0 Å². The minimum atomic E-state index is -0.951. The zero-order valence-corrected chi connectivity index (χ0v) is 8.13. The molecule has 5 nitrogen and oxygen atoms in total. The SMILES string of the molecule is Cc1cc(C(=O)O)cc2n[nH]nc12.Cl. The molecule has 0 fully saturated rings. The highest BCUT2D eigenvalue weighted by molar-refractivity contribution is 5.93. The molecule has 0 bridgehead atoms. The van der Waals surface area contributed by atoms with Crippen LogP contribution in [0.4, 0.5) is 0 Å². The van der Waals surface area contributed by atoms with Crippen LogP contribution in [0.2, 0.25) is 0 Å². The molecule has 14 heavy (non-hydrogen) atoms. The fraction of sp³-hybridized carbons (Fsp3) is 0.125. The van der Waals surface area contributed by atoms with Crippen LogP contribution in [-0.4, -0.2) is 26.5 Å². The molecule has 0 saturated heterocycles. The van der Waals surface area contributed by atoms with Crippen molar-refractivity contribution < 1.29 is 9.90 Å². The summed E-state index contributed by atoms with van der Waals surface area (Å²) < 4.78 is 0. The van der Waals surface area contributed by atoms with Gasteiger partial charge in [0, 0.05) is 0 Å². The predicted octanol–water partition coefficient (Wildman–Crippen LogP) is 1.39. The van der Waals surface area contributed by atoms with Crippen molar-refractivity contribution in [2.45, 2.75) is 6.92 Å². The summed E-state index contributed by atoms with van der Waals surface area (Å²) in [6.45, 7) is 1.80. The summed E-state index contributed by atoms with van der Waals surface area (Å²) in [6, 6.07) is 3.07. The van der Waals surface area contributed by atoms with Gasteiger partial charge in [0.15, 0.2) is 0 Å². The zero-order chi connectivity index (χ0) is 9.42. The number of nitrogens with one attached hydrogen (secondary N) is 1. The van der Waals surface area contributed by atoms with Gasteiger partial charge in [0.1, 0.15) is 11.0 Å². The van der Waals surface area contributed by atoms with Crippen LogP contribution in [0, 0.1) is 6.92 Å². The Bertz CT molecular complexity index is 480. The Labute approximate surface area is 85.5 Å². The number of fused-ring (bicyclic) bond motifs is 1. The third kappa shape index (κ3) is 1.54. The van der Waals surface area contributed by atoms with Gasteiger partial charge in [0.2, 0.25) is 0 Å². The molecular weight excluding hydrogens is 206 g/mol. The monoisotopic (exact) mass is 213 g/mol. The summed E-state index contributed by atoms with van der Waals surface area (Å²) in [5.74, 6) is -0.951. The minimum Gasteiger partial charge on any atom is -0.478 e. The van der Waals surface area contributed by atoms with E-state index in [-0.39, 0.29) is 18.0 Å². The van der Waals surface area contributed by atoms with Crippen LogP contribution in [0.3, 0.4) is 0 Å². The highest BCUT2D eigenvalue weighted by Gasteiger charge is 2.08. The molecule has 0 amide bonds. The standard InChI is InChI=1S/C8H7N3O2.ClH/c1-4-2-5(8(12)13)3-6-7(4)10-11-9-6;/h2-3H,1H3,(H,12,13)(H,9,10,11);1H. The smallest absolute Gasteiger partial charge is 0.335 e. The van der Waals surface area contributed by atoms with Crippen LogP contribution in [0.15, 0.2) is 12.1 Å². The van der Waals surface area contributed by atoms with E-state index in [9.17, 15) is 4.79 Å². The molecule has 2 N–H and O–H groups in total. The highest BCUT2D eigenvalue weighted by atomic mass is 35.5. The lowest BCUT2D eigenvalue weighted by molar-refractivity contribution is 0.0697. The van der Waals surface area contributed by atoms with E-state index in [2.05, 4.69) is 15.4 Å². The van der Waals surface area contributed by atoms with E-state index in [1.165, 1.54) is 6.07 Å². The number of hydrogen-bond acceptors (Lipinski definition) is 3. The van der Waals surface area contributed by atoms with E-state index in [0.29, 0.717) is 11.0 Å². The van der Waals surface area contributed by atoms with Crippen molar-refractivity contribution in [3.05, 3.63) is 23.3 Å². The van der Waals surface area contributed by atoms with Crippen LogP contribution in [-0.2, 0) is 0 Å². The molecule has 0 saturated carbocycles. The van der Waals surface area contributed by atoms with E-state index < -0.39 is 5.97 Å². The maximum Gasteiger partial charge on any atom is 0.335 e. The van der Waals surface area contributed by atoms with Crippen molar-refractivity contribution in [3.63, 3.8) is 0 Å². The van der Waals surface area contributed by atoms with Crippen LogP contribution in [0.25, 0.3) is 11.0 Å². The third-order valence-corrected chi connectivity index (χ3v) is 1.86. The molecule has 6 heteroatoms. The Morgan fingerprint density at radius 1 is 1.43 bits per heavy atom. The molecule has 0 aliphatic rings. The van der Waals surface area contributed by atoms with Gasteiger partial charge in [-0.15, -0.1) is 12.4 Å². The molecule has 1 aromatic heterocycles. The first-order valence-electron chi connectivity index (χ1n) is 3.73. The molecule has 1 heterocycles. The summed E-state index contributed by atoms with van der Waals surface area (Å²) in [5.41, 5.74) is 2.34. The fourth-order valence-corrected chi connectivity index (χ4v) is 1.24. The Morgan fingerprint density at radius 2 is 2.14 bits per heavy atom. The maximum atomic E-state index is 10.7. The number of H-pyrrole nitrogens is 1. The summed E-state index contributed by atoms with van der Waals surface area (Å²) in [5, 5.41) is 18.9. The molecule has 0 spiro atoms. The van der Waals surface area contributed by atoms with Crippen molar-refractivity contribution in [2.75, 3.05) is 0 Å². The Balaban J connectivity index is 0.000000980. The molecular formula is C8H8ClN3O2. The van der Waals surface area contributed by atoms with Gasteiger partial charge in [-0.2, -0.15) is 15.4 Å². The Kier molecular flexibility index (Phi) is 2.71. The molecule has 2 rings (SSSR count). The quantitative estimate of drug-likeness (QED) is 0.750. The number of carboxylic acids is 1. The number of aryl methyl sites for hydroxylation is 1. The van der Waals surface area contributed by atoms with Crippen molar-refractivity contribution in [1.29, 1.82) is 0 Å². The molecule has 74 valence electrons. The number of aromatic amines is 1. The van der Waals surface area contributed by atoms with Crippen LogP contribution in [0.1, 0.15) is 15.9 Å². The normalized spacial score (nSPS) is 9.79. The third-order valence-electron chi connectivity index (χ3n) is 1.86. The van der Waals surface area contributed by atoms with E-state index in [1.807, 2.05) is 0 Å². The summed E-state index contributed by atoms with van der Waals surface area (Å²) in [4.78, 5) is 10.7. The maximum absolute atomic E-state index is 10.7. The molecule has 1 aromatic carbocycles. The zero-order valence-electron chi connectivity index (χ0n) is 7.31. The van der Waals surface area contributed by atoms with Crippen molar-refractivity contribution >= 4 is 29.4 Å². The van der Waals surface area contributed by atoms with Crippen LogP contribution in [0.5, 0.6) is 0 Å². The molecule has 0 aliphatic heterocycles. The number of nitrogens with zero attached hydrogens (tertiary/aromatic N) is 2. The van der Waals surface area contributed by atoms with Crippen molar-refractivity contribution in [3.8, 4) is 0 Å². The number of aromatic carboxylic acids is 1. The second kappa shape index (κ2) is 3.63. The van der Waals surface area contributed by atoms with Crippen molar-refractivity contribution in [1.82, 2.24) is 15.4 Å². The molecule has 0 aliphatic carbocycles. The van der Waals surface area contributed by atoms with Gasteiger partial charge in [-0.25, -0.2) is 4.79 Å². The number of rotatable bonds is 1. The van der Waals surface area contributed by atoms with Gasteiger partial charge in [-0.1, -0.05) is 0 Å². The average Bonchev–Trinajstić information content (AvgIpc) is 2.51. The van der Waals surface area contributed by atoms with Gasteiger partial charge in [0.25, 0.3) is 0 Å². The first-order valence-corrected chi connectivity index (χ1v) is 3.73. The second-order valence-corrected chi connectivity index (χ2v) is 2.79. The molecule has 0 unspecified atom stereocenters. The highest BCUT2D eigenvalue weighted by Crippen LogP contribution is 2.15. The summed E-state index contributed by atoms with van der Waals surface area (Å²) >= 11 is 0. The van der Waals surface area contributed by atoms with Gasteiger partial charge in [0.05, 0.1) is 5.56 Å². The van der Waals surface area contributed by atoms with Gasteiger partial charge < -0.3 is 5.11 Å². The Hall–Kier alpha value is -1.62. The average molecular weight is 214 g/mol. The number of aromatic nitrogens is 3. The van der Waals surface area contributed by atoms with E-state index in [0.717, 1.165) is 5.56 Å². The van der Waals surface area contributed by atoms with Gasteiger partial charge >= 0.3 is 5.97 Å². The lowest BCUT2D eigenvalue weighted by Crippen LogP contribution is -1.96. The van der Waals surface area contributed by atoms with Gasteiger partial charge in [-0.3, -0.25) is 0 Å². The van der Waals surface area contributed by atoms with Crippen LogP contribution >= 0.6 is 12.4 Å². The lowest BCUT2D eigenvalue weighted by atomic mass is 10.1. The predicted molar refractivity (Wildman–Crippen MR) is 52.8 cm³/mol. The summed E-state index contributed by atoms with van der Waals surface area (Å²) in [7, 11) is 0. The second-order valence-electron chi connectivity index (χ2n) is 2.79. The molecule has 0 atom stereocenters. The molecule has 2 aromatic rings. The van der Waals surface area contributed by atoms with E-state index in [1.54, 1.807) is 13.0 Å². The first-order chi connectivity index (χ1) is 6.18. The van der Waals surface area contributed by atoms with E-state index in [4.69, 9.17) is 5.11 Å². The number of carbonyl (C=O) groups is 1.